The van der Waals surface area contributed by atoms with Crippen LogP contribution in [0.5, 0.6) is 11.5 Å². The summed E-state index contributed by atoms with van der Waals surface area (Å²) >= 11 is 16.0. The van der Waals surface area contributed by atoms with Gasteiger partial charge in [0, 0.05) is 47.0 Å². The number of hydrogen-bond acceptors (Lipinski definition) is 7. The molecule has 0 saturated carbocycles. The Labute approximate surface area is 253 Å². The molecule has 10 heteroatoms. The first-order chi connectivity index (χ1) is 19.0. The number of Topliss-reactive ketones (excluding diaryl/α,β-unsaturated/α-hetero) is 1. The van der Waals surface area contributed by atoms with Crippen LogP contribution >= 0.6 is 39.1 Å². The normalized spacial score (nSPS) is 18.5. The lowest BCUT2D eigenvalue weighted by atomic mass is 9.68. The zero-order valence-electron chi connectivity index (χ0n) is 22.9. The minimum atomic E-state index is -0.641. The summed E-state index contributed by atoms with van der Waals surface area (Å²) in [6.45, 7) is 7.43. The van der Waals surface area contributed by atoms with E-state index in [2.05, 4.69) is 35.8 Å². The monoisotopic (exact) mass is 647 g/mol. The Balaban J connectivity index is 1.81. The summed E-state index contributed by atoms with van der Waals surface area (Å²) in [5.41, 5.74) is 9.62. The molecule has 0 aromatic heterocycles. The van der Waals surface area contributed by atoms with Crippen LogP contribution in [0.4, 0.5) is 0 Å². The van der Waals surface area contributed by atoms with Crippen molar-refractivity contribution >= 4 is 44.9 Å². The van der Waals surface area contributed by atoms with Gasteiger partial charge >= 0.3 is 0 Å². The first-order valence-electron chi connectivity index (χ1n) is 13.0. The van der Waals surface area contributed by atoms with Crippen LogP contribution in [0.15, 0.2) is 57.5 Å². The van der Waals surface area contributed by atoms with Gasteiger partial charge in [0.1, 0.15) is 12.4 Å². The molecule has 0 radical (unpaired) electrons. The number of methoxy groups -OCH3 is 1. The van der Waals surface area contributed by atoms with Crippen molar-refractivity contribution in [3.8, 4) is 17.6 Å². The molecule has 4 rings (SSSR count). The molecule has 0 spiro atoms. The number of benzene rings is 2. The number of rotatable bonds is 9. The van der Waals surface area contributed by atoms with E-state index in [1.165, 1.54) is 0 Å². The van der Waals surface area contributed by atoms with E-state index in [0.717, 1.165) is 11.3 Å². The summed E-state index contributed by atoms with van der Waals surface area (Å²) in [5.74, 6) is 0.652. The second kappa shape index (κ2) is 12.4. The van der Waals surface area contributed by atoms with Gasteiger partial charge in [0.05, 0.1) is 35.2 Å². The van der Waals surface area contributed by atoms with Crippen molar-refractivity contribution in [1.29, 1.82) is 5.26 Å². The smallest absolute Gasteiger partial charge is 0.175 e. The van der Waals surface area contributed by atoms with E-state index >= 15 is 0 Å². The third-order valence-corrected chi connectivity index (χ3v) is 8.23. The van der Waals surface area contributed by atoms with Crippen LogP contribution in [-0.2, 0) is 16.1 Å². The fourth-order valence-corrected chi connectivity index (χ4v) is 6.33. The lowest BCUT2D eigenvalue weighted by Gasteiger charge is -2.43. The molecular weight excluding hydrogens is 617 g/mol. The number of allylic oxidation sites excluding steroid dienone is 3. The summed E-state index contributed by atoms with van der Waals surface area (Å²) in [6, 6.07) is 11.2. The maximum Gasteiger partial charge on any atom is 0.175 e. The number of ketones is 1. The first kappa shape index (κ1) is 30.3. The van der Waals surface area contributed by atoms with Crippen molar-refractivity contribution in [2.75, 3.05) is 26.9 Å². The molecule has 0 bridgehead atoms. The number of halogens is 3. The van der Waals surface area contributed by atoms with Gasteiger partial charge in [0.2, 0.25) is 0 Å². The molecular formula is C30H32BrCl2N3O4. The number of nitriles is 1. The molecule has 2 N–H and O–H groups in total. The third kappa shape index (κ3) is 6.13. The van der Waals surface area contributed by atoms with Crippen LogP contribution in [-0.4, -0.2) is 37.6 Å². The van der Waals surface area contributed by atoms with Gasteiger partial charge in [0.25, 0.3) is 0 Å². The second-order valence-electron chi connectivity index (χ2n) is 10.6. The van der Waals surface area contributed by atoms with Crippen LogP contribution in [0.3, 0.4) is 0 Å². The highest BCUT2D eigenvalue weighted by Gasteiger charge is 2.44. The molecule has 1 aliphatic heterocycles. The van der Waals surface area contributed by atoms with Crippen LogP contribution in [0.2, 0.25) is 10.0 Å². The highest BCUT2D eigenvalue weighted by atomic mass is 79.9. The largest absolute Gasteiger partial charge is 0.490 e. The van der Waals surface area contributed by atoms with Gasteiger partial charge in [-0.2, -0.15) is 5.26 Å². The van der Waals surface area contributed by atoms with Gasteiger partial charge in [-0.05, 0) is 64.5 Å². The third-order valence-electron chi connectivity index (χ3n) is 7.06. The topological polar surface area (TPSA) is 97.8 Å². The van der Waals surface area contributed by atoms with Crippen molar-refractivity contribution in [3.05, 3.63) is 78.6 Å². The van der Waals surface area contributed by atoms with Gasteiger partial charge in [-0.25, -0.2) is 0 Å². The Morgan fingerprint density at radius 3 is 2.60 bits per heavy atom. The highest BCUT2D eigenvalue weighted by molar-refractivity contribution is 9.10. The zero-order valence-corrected chi connectivity index (χ0v) is 26.0. The molecule has 2 aliphatic rings. The van der Waals surface area contributed by atoms with E-state index < -0.39 is 5.92 Å². The van der Waals surface area contributed by atoms with Gasteiger partial charge < -0.3 is 24.8 Å². The molecule has 2 aromatic rings. The fraction of sp³-hybridized carbons (Fsp3) is 0.400. The predicted molar refractivity (Wildman–Crippen MR) is 159 cm³/mol. The van der Waals surface area contributed by atoms with E-state index in [-0.39, 0.29) is 17.8 Å². The molecule has 1 aliphatic carbocycles. The molecule has 0 amide bonds. The SMILES string of the molecule is CCOc1cc([C@@H]2C(C#N)=C(N)N(CCOC)C3=C2C(=O)CC(C)(C)C3)cc(Br)c1OCc1ccc(Cl)cc1Cl. The van der Waals surface area contributed by atoms with E-state index in [1.54, 1.807) is 19.2 Å². The predicted octanol–water partition coefficient (Wildman–Crippen LogP) is 7.12. The number of nitrogens with two attached hydrogens (primary N) is 1. The Morgan fingerprint density at radius 1 is 1.20 bits per heavy atom. The van der Waals surface area contributed by atoms with Crippen molar-refractivity contribution in [1.82, 2.24) is 4.90 Å². The number of hydrogen-bond donors (Lipinski definition) is 1. The lowest BCUT2D eigenvalue weighted by molar-refractivity contribution is -0.118. The number of ether oxygens (including phenoxy) is 3. The molecule has 0 fully saturated rings. The number of carbonyl (C=O) groups is 1. The van der Waals surface area contributed by atoms with Gasteiger partial charge in [-0.1, -0.05) is 43.1 Å². The standard InChI is InChI=1S/C30H32BrCl2N3O4/c1-5-39-25-11-18(10-21(31)28(25)40-16-17-6-7-19(32)12-22(17)33)26-20(15-34)29(35)36(8-9-38-4)23-13-30(2,3)14-24(37)27(23)26/h6-7,10-12,26H,5,8-9,13-14,16,35H2,1-4H3/t26-/m1/s1. The van der Waals surface area contributed by atoms with Crippen molar-refractivity contribution < 1.29 is 19.0 Å². The maximum atomic E-state index is 13.7. The zero-order chi connectivity index (χ0) is 29.2. The lowest BCUT2D eigenvalue weighted by Crippen LogP contribution is -2.43. The summed E-state index contributed by atoms with van der Waals surface area (Å²) in [5, 5.41) is 11.3. The quantitative estimate of drug-likeness (QED) is 0.309. The van der Waals surface area contributed by atoms with E-state index in [4.69, 9.17) is 43.1 Å². The van der Waals surface area contributed by atoms with Gasteiger partial charge in [-0.15, -0.1) is 0 Å². The summed E-state index contributed by atoms with van der Waals surface area (Å²) in [6.07, 6.45) is 1.03. The van der Waals surface area contributed by atoms with E-state index in [1.807, 2.05) is 30.0 Å². The van der Waals surface area contributed by atoms with Gasteiger partial charge in [0.15, 0.2) is 17.3 Å². The molecule has 1 atom stereocenters. The average Bonchev–Trinajstić information content (AvgIpc) is 2.87. The molecule has 0 unspecified atom stereocenters. The van der Waals surface area contributed by atoms with Crippen molar-refractivity contribution in [2.45, 2.75) is 46.1 Å². The molecule has 40 heavy (non-hydrogen) atoms. The second-order valence-corrected chi connectivity index (χ2v) is 12.3. The fourth-order valence-electron chi connectivity index (χ4n) is 5.29. The van der Waals surface area contributed by atoms with Crippen LogP contribution < -0.4 is 15.2 Å². The van der Waals surface area contributed by atoms with E-state index in [0.29, 0.717) is 81.1 Å². The van der Waals surface area contributed by atoms with Crippen LogP contribution in [0.25, 0.3) is 0 Å². The Kier molecular flexibility index (Phi) is 9.41. The first-order valence-corrected chi connectivity index (χ1v) is 14.5. The molecule has 2 aromatic carbocycles. The number of nitrogens with zero attached hydrogens (tertiary/aromatic N) is 2. The summed E-state index contributed by atoms with van der Waals surface area (Å²) in [4.78, 5) is 15.6. The van der Waals surface area contributed by atoms with Crippen LogP contribution in [0, 0.1) is 16.7 Å². The molecule has 7 nitrogen and oxygen atoms in total. The van der Waals surface area contributed by atoms with Gasteiger partial charge in [-0.3, -0.25) is 4.79 Å². The Bertz CT molecular complexity index is 1430. The maximum absolute atomic E-state index is 13.7. The Hall–Kier alpha value is -2.70. The number of carbonyl (C=O) groups excluding carboxylic acids is 1. The summed E-state index contributed by atoms with van der Waals surface area (Å²) in [7, 11) is 1.61. The summed E-state index contributed by atoms with van der Waals surface area (Å²) < 4.78 is 18.1. The van der Waals surface area contributed by atoms with Crippen molar-refractivity contribution in [2.24, 2.45) is 11.1 Å². The van der Waals surface area contributed by atoms with Crippen molar-refractivity contribution in [3.63, 3.8) is 0 Å². The minimum absolute atomic E-state index is 0.00528. The molecule has 212 valence electrons. The van der Waals surface area contributed by atoms with Crippen LogP contribution in [0.1, 0.15) is 50.7 Å². The molecule has 1 heterocycles. The Morgan fingerprint density at radius 2 is 1.95 bits per heavy atom. The van der Waals surface area contributed by atoms with E-state index in [9.17, 15) is 10.1 Å². The highest BCUT2D eigenvalue weighted by Crippen LogP contribution is 2.51. The molecule has 0 saturated heterocycles. The minimum Gasteiger partial charge on any atom is -0.490 e. The average molecular weight is 649 g/mol.